The molecule has 2 rings (SSSR count). The first-order chi connectivity index (χ1) is 9.85. The molecular formula is C13H12F3N3O2. The third-order valence-electron chi connectivity index (χ3n) is 2.77. The lowest BCUT2D eigenvalue weighted by Crippen LogP contribution is -2.09. The van der Waals surface area contributed by atoms with Gasteiger partial charge in [0.25, 0.3) is 0 Å². The zero-order chi connectivity index (χ0) is 15.5. The Hall–Kier alpha value is -2.38. The number of benzene rings is 1. The summed E-state index contributed by atoms with van der Waals surface area (Å²) >= 11 is 0. The van der Waals surface area contributed by atoms with Crippen LogP contribution >= 0.6 is 0 Å². The molecule has 2 aromatic rings. The molecule has 0 unspecified atom stereocenters. The molecule has 0 aliphatic heterocycles. The van der Waals surface area contributed by atoms with Crippen molar-refractivity contribution in [2.75, 3.05) is 0 Å². The number of carboxylic acid groups (broad SMARTS) is 1. The number of halogens is 3. The van der Waals surface area contributed by atoms with Gasteiger partial charge in [-0.15, -0.1) is 0 Å². The molecule has 5 nitrogen and oxygen atoms in total. The molecule has 0 amide bonds. The zero-order valence-electron chi connectivity index (χ0n) is 10.8. The highest BCUT2D eigenvalue weighted by Gasteiger charge is 2.26. The highest BCUT2D eigenvalue weighted by molar-refractivity contribution is 5.88. The van der Waals surface area contributed by atoms with E-state index in [2.05, 4.69) is 10.1 Å². The highest BCUT2D eigenvalue weighted by atomic mass is 19.4. The predicted octanol–water partition coefficient (Wildman–Crippen LogP) is 2.99. The van der Waals surface area contributed by atoms with E-state index in [0.717, 1.165) is 0 Å². The number of carboxylic acids is 1. The van der Waals surface area contributed by atoms with Crippen molar-refractivity contribution in [3.05, 3.63) is 36.2 Å². The molecule has 0 radical (unpaired) electrons. The van der Waals surface area contributed by atoms with Crippen molar-refractivity contribution in [2.45, 2.75) is 25.6 Å². The van der Waals surface area contributed by atoms with E-state index in [-0.39, 0.29) is 18.5 Å². The molecule has 0 atom stereocenters. The van der Waals surface area contributed by atoms with Gasteiger partial charge in [0.1, 0.15) is 6.33 Å². The van der Waals surface area contributed by atoms with Gasteiger partial charge < -0.3 is 5.11 Å². The summed E-state index contributed by atoms with van der Waals surface area (Å²) in [7, 11) is 0. The second-order valence-corrected chi connectivity index (χ2v) is 4.43. The average molecular weight is 299 g/mol. The Balaban J connectivity index is 2.00. The maximum Gasteiger partial charge on any atom is 0.389 e. The topological polar surface area (TPSA) is 68.0 Å². The van der Waals surface area contributed by atoms with Crippen LogP contribution in [0.3, 0.4) is 0 Å². The van der Waals surface area contributed by atoms with Gasteiger partial charge in [0.15, 0.2) is 5.82 Å². The molecule has 0 aliphatic carbocycles. The normalized spacial score (nSPS) is 11.6. The molecule has 21 heavy (non-hydrogen) atoms. The Kier molecular flexibility index (Phi) is 4.25. The first-order valence-corrected chi connectivity index (χ1v) is 6.15. The number of hydrogen-bond acceptors (Lipinski definition) is 3. The summed E-state index contributed by atoms with van der Waals surface area (Å²) in [6.45, 7) is 0.125. The van der Waals surface area contributed by atoms with Gasteiger partial charge in [0.2, 0.25) is 0 Å². The SMILES string of the molecule is O=C(O)c1ccc(-c2ncn(CCCC(F)(F)F)n2)cc1. The zero-order valence-corrected chi connectivity index (χ0v) is 10.8. The predicted molar refractivity (Wildman–Crippen MR) is 67.7 cm³/mol. The average Bonchev–Trinajstić information content (AvgIpc) is 2.86. The molecule has 8 heteroatoms. The minimum Gasteiger partial charge on any atom is -0.478 e. The lowest BCUT2D eigenvalue weighted by atomic mass is 10.1. The number of aryl methyl sites for hydroxylation is 1. The molecular weight excluding hydrogens is 287 g/mol. The van der Waals surface area contributed by atoms with E-state index < -0.39 is 18.6 Å². The molecule has 1 aromatic heterocycles. The van der Waals surface area contributed by atoms with Crippen LogP contribution in [0.2, 0.25) is 0 Å². The molecule has 0 fully saturated rings. The summed E-state index contributed by atoms with van der Waals surface area (Å²) in [5.74, 6) is -0.689. The molecule has 0 spiro atoms. The lowest BCUT2D eigenvalue weighted by molar-refractivity contribution is -0.136. The smallest absolute Gasteiger partial charge is 0.389 e. The van der Waals surface area contributed by atoms with E-state index in [1.54, 1.807) is 12.1 Å². The van der Waals surface area contributed by atoms with Crippen molar-refractivity contribution in [3.63, 3.8) is 0 Å². The monoisotopic (exact) mass is 299 g/mol. The first kappa shape index (κ1) is 15.0. The van der Waals surface area contributed by atoms with Crippen LogP contribution in [-0.4, -0.2) is 32.0 Å². The summed E-state index contributed by atoms with van der Waals surface area (Å²) < 4.78 is 37.5. The highest BCUT2D eigenvalue weighted by Crippen LogP contribution is 2.21. The minimum absolute atomic E-state index is 0.0652. The van der Waals surface area contributed by atoms with E-state index in [9.17, 15) is 18.0 Å². The van der Waals surface area contributed by atoms with E-state index in [1.807, 2.05) is 0 Å². The Bertz CT molecular complexity index is 620. The van der Waals surface area contributed by atoms with E-state index in [1.165, 1.54) is 23.1 Å². The van der Waals surface area contributed by atoms with Crippen LogP contribution < -0.4 is 0 Å². The molecule has 0 bridgehead atoms. The van der Waals surface area contributed by atoms with Crippen molar-refractivity contribution in [1.82, 2.24) is 14.8 Å². The van der Waals surface area contributed by atoms with E-state index >= 15 is 0 Å². The number of nitrogens with zero attached hydrogens (tertiary/aromatic N) is 3. The van der Waals surface area contributed by atoms with Gasteiger partial charge in [-0.05, 0) is 18.6 Å². The lowest BCUT2D eigenvalue weighted by Gasteiger charge is -2.05. The van der Waals surface area contributed by atoms with Gasteiger partial charge in [0, 0.05) is 18.5 Å². The van der Waals surface area contributed by atoms with Gasteiger partial charge in [-0.3, -0.25) is 4.68 Å². The quantitative estimate of drug-likeness (QED) is 0.921. The maximum absolute atomic E-state index is 12.0. The number of aromatic nitrogens is 3. The Morgan fingerprint density at radius 1 is 1.24 bits per heavy atom. The van der Waals surface area contributed by atoms with Crippen molar-refractivity contribution in [1.29, 1.82) is 0 Å². The molecule has 1 N–H and O–H groups in total. The van der Waals surface area contributed by atoms with Crippen LogP contribution in [0.15, 0.2) is 30.6 Å². The molecule has 1 aromatic carbocycles. The molecule has 112 valence electrons. The number of hydrogen-bond donors (Lipinski definition) is 1. The summed E-state index contributed by atoms with van der Waals surface area (Å²) in [6.07, 6.45) is -3.74. The standard InChI is InChI=1S/C13H12F3N3O2/c14-13(15,16)6-1-7-19-8-17-11(18-19)9-2-4-10(5-3-9)12(20)21/h2-5,8H,1,6-7H2,(H,20,21). The minimum atomic E-state index is -4.17. The van der Waals surface area contributed by atoms with Crippen LogP contribution in [0, 0.1) is 0 Å². The van der Waals surface area contributed by atoms with Crippen LogP contribution in [-0.2, 0) is 6.54 Å². The van der Waals surface area contributed by atoms with Gasteiger partial charge in [-0.2, -0.15) is 18.3 Å². The fourth-order valence-corrected chi connectivity index (χ4v) is 1.74. The van der Waals surface area contributed by atoms with Gasteiger partial charge in [-0.1, -0.05) is 12.1 Å². The van der Waals surface area contributed by atoms with Crippen LogP contribution in [0.4, 0.5) is 13.2 Å². The van der Waals surface area contributed by atoms with E-state index in [0.29, 0.717) is 11.4 Å². The summed E-state index contributed by atoms with van der Waals surface area (Å²) in [5, 5.41) is 12.9. The Morgan fingerprint density at radius 3 is 2.48 bits per heavy atom. The molecule has 0 aliphatic rings. The van der Waals surface area contributed by atoms with E-state index in [4.69, 9.17) is 5.11 Å². The Morgan fingerprint density at radius 2 is 1.90 bits per heavy atom. The van der Waals surface area contributed by atoms with Crippen molar-refractivity contribution >= 4 is 5.97 Å². The van der Waals surface area contributed by atoms with Gasteiger partial charge in [0.05, 0.1) is 5.56 Å². The van der Waals surface area contributed by atoms with Gasteiger partial charge in [-0.25, -0.2) is 9.78 Å². The fourth-order valence-electron chi connectivity index (χ4n) is 1.74. The number of carbonyl (C=O) groups is 1. The van der Waals surface area contributed by atoms with Crippen LogP contribution in [0.1, 0.15) is 23.2 Å². The van der Waals surface area contributed by atoms with Crippen LogP contribution in [0.5, 0.6) is 0 Å². The largest absolute Gasteiger partial charge is 0.478 e. The third kappa shape index (κ3) is 4.30. The second-order valence-electron chi connectivity index (χ2n) is 4.43. The van der Waals surface area contributed by atoms with Crippen molar-refractivity contribution in [2.24, 2.45) is 0 Å². The number of aromatic carboxylic acids is 1. The number of rotatable bonds is 5. The van der Waals surface area contributed by atoms with Crippen molar-refractivity contribution in [3.8, 4) is 11.4 Å². The van der Waals surface area contributed by atoms with Crippen molar-refractivity contribution < 1.29 is 23.1 Å². The second kappa shape index (κ2) is 5.94. The maximum atomic E-state index is 12.0. The molecule has 1 heterocycles. The summed E-state index contributed by atoms with van der Waals surface area (Å²) in [5.41, 5.74) is 0.748. The Labute approximate surface area is 118 Å². The fraction of sp³-hybridized carbons (Fsp3) is 0.308. The molecule has 0 saturated heterocycles. The first-order valence-electron chi connectivity index (χ1n) is 6.15. The summed E-state index contributed by atoms with van der Waals surface area (Å²) in [6, 6.07) is 5.95. The third-order valence-corrected chi connectivity index (χ3v) is 2.77. The van der Waals surface area contributed by atoms with Gasteiger partial charge >= 0.3 is 12.1 Å². The van der Waals surface area contributed by atoms with Crippen LogP contribution in [0.25, 0.3) is 11.4 Å². The summed E-state index contributed by atoms with van der Waals surface area (Å²) in [4.78, 5) is 14.7. The molecule has 0 saturated carbocycles. The number of alkyl halides is 3.